The highest BCUT2D eigenvalue weighted by Gasteiger charge is 2.18. The van der Waals surface area contributed by atoms with Crippen molar-refractivity contribution in [3.05, 3.63) is 63.7 Å². The zero-order valence-electron chi connectivity index (χ0n) is 15.9. The minimum Gasteiger partial charge on any atom is -0.507 e. The van der Waals surface area contributed by atoms with Crippen LogP contribution in [0.4, 0.5) is 0 Å². The first kappa shape index (κ1) is 18.0. The van der Waals surface area contributed by atoms with E-state index in [1.54, 1.807) is 0 Å². The van der Waals surface area contributed by atoms with Crippen LogP contribution in [0.5, 0.6) is 5.75 Å². The molecule has 134 valence electrons. The molecular weight excluding hydrogens is 304 g/mol. The Kier molecular flexibility index (Phi) is 6.18. The van der Waals surface area contributed by atoms with Crippen LogP contribution in [0.1, 0.15) is 72.9 Å². The maximum absolute atomic E-state index is 11.0. The van der Waals surface area contributed by atoms with Crippen LogP contribution in [0, 0.1) is 0 Å². The summed E-state index contributed by atoms with van der Waals surface area (Å²) in [6.45, 7) is 4.50. The number of rotatable bonds is 6. The molecule has 0 unspecified atom stereocenters. The summed E-state index contributed by atoms with van der Waals surface area (Å²) in [5.74, 6) is 0.596. The third-order valence-corrected chi connectivity index (χ3v) is 5.64. The molecule has 0 heterocycles. The zero-order valence-corrected chi connectivity index (χ0v) is 15.9. The van der Waals surface area contributed by atoms with Crippen molar-refractivity contribution in [1.82, 2.24) is 0 Å². The molecule has 4 aliphatic rings. The largest absolute Gasteiger partial charge is 0.507 e. The standard InChI is InChI=1S/C24H32O/c1-3-5-7-20-17-21-15-13-18-9-11-19(12-10-18)14-16-22(20)23(24(21)25)8-6-4-2/h9-12,17,25H,3-8,13-16H2,1-2H3. The van der Waals surface area contributed by atoms with Gasteiger partial charge in [0.25, 0.3) is 0 Å². The Morgan fingerprint density at radius 3 is 2.04 bits per heavy atom. The maximum atomic E-state index is 11.0. The van der Waals surface area contributed by atoms with E-state index < -0.39 is 0 Å². The number of phenolic OH excluding ortho intramolecular Hbond substituents is 1. The Morgan fingerprint density at radius 1 is 0.800 bits per heavy atom. The summed E-state index contributed by atoms with van der Waals surface area (Å²) in [7, 11) is 0. The Balaban J connectivity index is 2.05. The van der Waals surface area contributed by atoms with Crippen molar-refractivity contribution in [2.75, 3.05) is 0 Å². The van der Waals surface area contributed by atoms with Crippen molar-refractivity contribution in [2.45, 2.75) is 78.1 Å². The number of hydrogen-bond donors (Lipinski definition) is 1. The van der Waals surface area contributed by atoms with Crippen molar-refractivity contribution in [2.24, 2.45) is 0 Å². The summed E-state index contributed by atoms with van der Waals surface area (Å²) in [6.07, 6.45) is 11.0. The van der Waals surface area contributed by atoms with Crippen LogP contribution in [-0.2, 0) is 38.5 Å². The molecule has 2 aromatic carbocycles. The summed E-state index contributed by atoms with van der Waals surface area (Å²) >= 11 is 0. The van der Waals surface area contributed by atoms with Gasteiger partial charge in [0.1, 0.15) is 5.75 Å². The van der Waals surface area contributed by atoms with Gasteiger partial charge in [0.05, 0.1) is 0 Å². The number of aromatic hydroxyl groups is 1. The fourth-order valence-corrected chi connectivity index (χ4v) is 4.03. The molecule has 0 saturated carbocycles. The smallest absolute Gasteiger partial charge is 0.122 e. The summed E-state index contributed by atoms with van der Waals surface area (Å²) in [6, 6.07) is 11.4. The van der Waals surface area contributed by atoms with Crippen LogP contribution < -0.4 is 0 Å². The minimum absolute atomic E-state index is 0.596. The number of phenols is 1. The van der Waals surface area contributed by atoms with Gasteiger partial charge in [-0.25, -0.2) is 0 Å². The molecule has 6 rings (SSSR count). The summed E-state index contributed by atoms with van der Waals surface area (Å²) in [5, 5.41) is 11.0. The van der Waals surface area contributed by atoms with Gasteiger partial charge in [0.2, 0.25) is 0 Å². The summed E-state index contributed by atoms with van der Waals surface area (Å²) in [4.78, 5) is 0. The van der Waals surface area contributed by atoms with Crippen molar-refractivity contribution >= 4 is 0 Å². The van der Waals surface area contributed by atoms with E-state index in [9.17, 15) is 5.11 Å². The second-order valence-corrected chi connectivity index (χ2v) is 7.52. The van der Waals surface area contributed by atoms with E-state index in [1.807, 2.05) is 0 Å². The van der Waals surface area contributed by atoms with E-state index in [1.165, 1.54) is 47.1 Å². The quantitative estimate of drug-likeness (QED) is 0.690. The van der Waals surface area contributed by atoms with E-state index in [-0.39, 0.29) is 0 Å². The lowest BCUT2D eigenvalue weighted by Crippen LogP contribution is -2.08. The summed E-state index contributed by atoms with van der Waals surface area (Å²) < 4.78 is 0. The molecule has 1 N–H and O–H groups in total. The van der Waals surface area contributed by atoms with Gasteiger partial charge in [-0.3, -0.25) is 0 Å². The first-order valence-electron chi connectivity index (χ1n) is 10.2. The Bertz CT molecular complexity index is 697. The average molecular weight is 337 g/mol. The van der Waals surface area contributed by atoms with Gasteiger partial charge in [-0.2, -0.15) is 0 Å². The molecule has 0 spiro atoms. The molecule has 0 saturated heterocycles. The van der Waals surface area contributed by atoms with E-state index in [0.717, 1.165) is 50.5 Å². The molecule has 1 heteroatoms. The van der Waals surface area contributed by atoms with Gasteiger partial charge in [-0.05, 0) is 84.7 Å². The second-order valence-electron chi connectivity index (χ2n) is 7.52. The molecule has 2 aromatic rings. The van der Waals surface area contributed by atoms with Crippen LogP contribution >= 0.6 is 0 Å². The highest BCUT2D eigenvalue weighted by molar-refractivity contribution is 5.51. The van der Waals surface area contributed by atoms with Crippen LogP contribution in [0.2, 0.25) is 0 Å². The molecule has 1 nitrogen and oxygen atoms in total. The fourth-order valence-electron chi connectivity index (χ4n) is 4.03. The Hall–Kier alpha value is -1.76. The SMILES string of the molecule is CCCCc1cc2c(O)c(CCCC)c1CCc1ccc(cc1)CC2. The highest BCUT2D eigenvalue weighted by Crippen LogP contribution is 2.34. The lowest BCUT2D eigenvalue weighted by molar-refractivity contribution is 0.457. The monoisotopic (exact) mass is 336 g/mol. The Morgan fingerprint density at radius 2 is 1.40 bits per heavy atom. The van der Waals surface area contributed by atoms with Gasteiger partial charge < -0.3 is 5.11 Å². The van der Waals surface area contributed by atoms with Crippen molar-refractivity contribution in [3.8, 4) is 5.75 Å². The van der Waals surface area contributed by atoms with E-state index in [2.05, 4.69) is 44.2 Å². The number of benzene rings is 2. The maximum Gasteiger partial charge on any atom is 0.122 e. The first-order chi connectivity index (χ1) is 12.2. The third-order valence-electron chi connectivity index (χ3n) is 5.64. The topological polar surface area (TPSA) is 20.2 Å². The number of unbranched alkanes of at least 4 members (excludes halogenated alkanes) is 2. The predicted octanol–water partition coefficient (Wildman–Crippen LogP) is 5.96. The van der Waals surface area contributed by atoms with Crippen LogP contribution in [0.15, 0.2) is 30.3 Å². The molecule has 0 aromatic heterocycles. The van der Waals surface area contributed by atoms with Crippen molar-refractivity contribution in [1.29, 1.82) is 0 Å². The van der Waals surface area contributed by atoms with E-state index >= 15 is 0 Å². The Labute approximate surface area is 153 Å². The first-order valence-corrected chi connectivity index (χ1v) is 10.2. The second kappa shape index (κ2) is 8.56. The summed E-state index contributed by atoms with van der Waals surface area (Å²) in [5.41, 5.74) is 8.13. The fraction of sp³-hybridized carbons (Fsp3) is 0.500. The molecule has 0 aliphatic heterocycles. The van der Waals surface area contributed by atoms with E-state index in [0.29, 0.717) is 5.75 Å². The number of hydrogen-bond acceptors (Lipinski definition) is 1. The third kappa shape index (κ3) is 4.26. The van der Waals surface area contributed by atoms with Crippen LogP contribution in [0.3, 0.4) is 0 Å². The van der Waals surface area contributed by atoms with Gasteiger partial charge in [-0.1, -0.05) is 57.0 Å². The molecule has 25 heavy (non-hydrogen) atoms. The van der Waals surface area contributed by atoms with Crippen LogP contribution in [-0.4, -0.2) is 5.11 Å². The van der Waals surface area contributed by atoms with E-state index in [4.69, 9.17) is 0 Å². The van der Waals surface area contributed by atoms with Gasteiger partial charge >= 0.3 is 0 Å². The van der Waals surface area contributed by atoms with Crippen LogP contribution in [0.25, 0.3) is 0 Å². The zero-order chi connectivity index (χ0) is 17.6. The lowest BCUT2D eigenvalue weighted by atomic mass is 9.85. The van der Waals surface area contributed by atoms with Gasteiger partial charge in [0.15, 0.2) is 0 Å². The molecular formula is C24H32O. The normalized spacial score (nSPS) is 13.7. The molecule has 4 aliphatic carbocycles. The molecule has 0 fully saturated rings. The van der Waals surface area contributed by atoms with Crippen molar-refractivity contribution < 1.29 is 5.11 Å². The number of aryl methyl sites for hydroxylation is 4. The van der Waals surface area contributed by atoms with Crippen molar-refractivity contribution in [3.63, 3.8) is 0 Å². The van der Waals surface area contributed by atoms with Gasteiger partial charge in [0, 0.05) is 0 Å². The predicted molar refractivity (Wildman–Crippen MR) is 107 cm³/mol. The average Bonchev–Trinajstić information content (AvgIpc) is 2.63. The molecule has 0 amide bonds. The van der Waals surface area contributed by atoms with Gasteiger partial charge in [-0.15, -0.1) is 0 Å². The molecule has 4 bridgehead atoms. The molecule has 0 radical (unpaired) electrons. The minimum atomic E-state index is 0.596. The lowest BCUT2D eigenvalue weighted by Gasteiger charge is -2.21. The molecule has 0 atom stereocenters. The highest BCUT2D eigenvalue weighted by atomic mass is 16.3.